The zero-order chi connectivity index (χ0) is 15.4. The second kappa shape index (κ2) is 10.2. The van der Waals surface area contributed by atoms with Crippen LogP contribution in [0.1, 0.15) is 12.5 Å². The first-order valence-corrected chi connectivity index (χ1v) is 8.13. The molecule has 2 unspecified atom stereocenters. The van der Waals surface area contributed by atoms with Gasteiger partial charge in [0, 0.05) is 45.3 Å². The van der Waals surface area contributed by atoms with Crippen LogP contribution in [0, 0.1) is 0 Å². The van der Waals surface area contributed by atoms with Gasteiger partial charge >= 0.3 is 0 Å². The van der Waals surface area contributed by atoms with Crippen LogP contribution in [0.3, 0.4) is 0 Å². The van der Waals surface area contributed by atoms with Crippen LogP contribution in [0.4, 0.5) is 0 Å². The summed E-state index contributed by atoms with van der Waals surface area (Å²) < 4.78 is 5.60. The Kier molecular flexibility index (Phi) is 9.02. The number of hydrogen-bond acceptors (Lipinski definition) is 4. The molecule has 136 valence electrons. The van der Waals surface area contributed by atoms with Crippen molar-refractivity contribution >= 4 is 30.7 Å². The first-order valence-electron chi connectivity index (χ1n) is 8.13. The number of morpholine rings is 1. The maximum Gasteiger partial charge on any atom is 0.253 e. The lowest BCUT2D eigenvalue weighted by molar-refractivity contribution is -0.149. The Morgan fingerprint density at radius 2 is 2.00 bits per heavy atom. The summed E-state index contributed by atoms with van der Waals surface area (Å²) in [7, 11) is 0. The fraction of sp³-hybridized carbons (Fsp3) is 0.588. The summed E-state index contributed by atoms with van der Waals surface area (Å²) in [5.74, 6) is 0.138. The molecule has 2 aliphatic heterocycles. The number of carbonyl (C=O) groups is 1. The van der Waals surface area contributed by atoms with Gasteiger partial charge in [-0.2, -0.15) is 0 Å². The molecule has 1 N–H and O–H groups in total. The van der Waals surface area contributed by atoms with E-state index in [1.807, 2.05) is 11.0 Å². The first kappa shape index (κ1) is 21.2. The van der Waals surface area contributed by atoms with Crippen LogP contribution < -0.4 is 5.32 Å². The van der Waals surface area contributed by atoms with Crippen molar-refractivity contribution in [2.45, 2.75) is 25.6 Å². The van der Waals surface area contributed by atoms with Crippen molar-refractivity contribution in [2.75, 3.05) is 39.3 Å². The van der Waals surface area contributed by atoms with Crippen molar-refractivity contribution in [1.82, 2.24) is 15.1 Å². The van der Waals surface area contributed by atoms with Gasteiger partial charge in [0.25, 0.3) is 5.91 Å². The van der Waals surface area contributed by atoms with Crippen LogP contribution >= 0.6 is 24.8 Å². The van der Waals surface area contributed by atoms with E-state index in [1.54, 1.807) is 0 Å². The van der Waals surface area contributed by atoms with E-state index in [0.29, 0.717) is 13.2 Å². The molecule has 2 saturated heterocycles. The predicted octanol–water partition coefficient (Wildman–Crippen LogP) is 1.55. The summed E-state index contributed by atoms with van der Waals surface area (Å²) in [5, 5.41) is 3.23. The predicted molar refractivity (Wildman–Crippen MR) is 100.0 cm³/mol. The zero-order valence-electron chi connectivity index (χ0n) is 14.0. The fourth-order valence-electron chi connectivity index (χ4n) is 3.25. The molecule has 0 saturated carbocycles. The number of amides is 1. The first-order chi connectivity index (χ1) is 10.7. The zero-order valence-corrected chi connectivity index (χ0v) is 15.7. The van der Waals surface area contributed by atoms with Crippen LogP contribution in [0.15, 0.2) is 30.3 Å². The lowest BCUT2D eigenvalue weighted by Gasteiger charge is -2.41. The van der Waals surface area contributed by atoms with E-state index >= 15 is 0 Å². The van der Waals surface area contributed by atoms with Gasteiger partial charge in [0.1, 0.15) is 6.10 Å². The lowest BCUT2D eigenvalue weighted by atomic mass is 10.1. The molecular formula is C17H27Cl2N3O2. The Labute approximate surface area is 156 Å². The Bertz CT molecular complexity index is 498. The average Bonchev–Trinajstić information content (AvgIpc) is 2.56. The minimum Gasteiger partial charge on any atom is -0.366 e. The molecule has 0 radical (unpaired) electrons. The third kappa shape index (κ3) is 5.33. The summed E-state index contributed by atoms with van der Waals surface area (Å²) in [6.45, 7) is 7.80. The second-order valence-electron chi connectivity index (χ2n) is 6.16. The maximum atomic E-state index is 12.6. The SMILES string of the molecule is CC1CN(Cc2ccccc2)CCN1C(=O)C1CNCCO1.Cl.Cl. The third-order valence-electron chi connectivity index (χ3n) is 4.45. The maximum absolute atomic E-state index is 12.6. The Balaban J connectivity index is 0.00000144. The number of ether oxygens (including phenoxy) is 1. The van der Waals surface area contributed by atoms with E-state index in [2.05, 4.69) is 41.4 Å². The smallest absolute Gasteiger partial charge is 0.253 e. The summed E-state index contributed by atoms with van der Waals surface area (Å²) >= 11 is 0. The van der Waals surface area contributed by atoms with Crippen LogP contribution in [0.25, 0.3) is 0 Å². The minimum atomic E-state index is -0.308. The molecule has 1 amide bonds. The van der Waals surface area contributed by atoms with E-state index in [4.69, 9.17) is 4.74 Å². The average molecular weight is 376 g/mol. The molecule has 3 rings (SSSR count). The number of hydrogen-bond donors (Lipinski definition) is 1. The van der Waals surface area contributed by atoms with Crippen molar-refractivity contribution in [3.05, 3.63) is 35.9 Å². The summed E-state index contributed by atoms with van der Waals surface area (Å²) in [6, 6.07) is 10.7. The monoisotopic (exact) mass is 375 g/mol. The topological polar surface area (TPSA) is 44.8 Å². The second-order valence-corrected chi connectivity index (χ2v) is 6.16. The van der Waals surface area contributed by atoms with Gasteiger partial charge < -0.3 is 15.0 Å². The van der Waals surface area contributed by atoms with Crippen molar-refractivity contribution in [3.8, 4) is 0 Å². The number of benzene rings is 1. The molecule has 5 nitrogen and oxygen atoms in total. The highest BCUT2D eigenvalue weighted by Gasteiger charge is 2.33. The van der Waals surface area contributed by atoms with E-state index in [0.717, 1.165) is 32.7 Å². The van der Waals surface area contributed by atoms with Gasteiger partial charge in [-0.1, -0.05) is 30.3 Å². The Hall–Kier alpha value is -0.850. The van der Waals surface area contributed by atoms with Gasteiger partial charge in [0.15, 0.2) is 0 Å². The van der Waals surface area contributed by atoms with Crippen molar-refractivity contribution in [3.63, 3.8) is 0 Å². The van der Waals surface area contributed by atoms with Gasteiger partial charge in [-0.05, 0) is 12.5 Å². The third-order valence-corrected chi connectivity index (χ3v) is 4.45. The largest absolute Gasteiger partial charge is 0.366 e. The van der Waals surface area contributed by atoms with Crippen molar-refractivity contribution in [1.29, 1.82) is 0 Å². The molecule has 0 spiro atoms. The van der Waals surface area contributed by atoms with Gasteiger partial charge in [-0.25, -0.2) is 0 Å². The van der Waals surface area contributed by atoms with E-state index in [9.17, 15) is 4.79 Å². The normalized spacial score (nSPS) is 24.6. The Morgan fingerprint density at radius 3 is 2.62 bits per heavy atom. The van der Waals surface area contributed by atoms with Crippen LogP contribution in [0.5, 0.6) is 0 Å². The van der Waals surface area contributed by atoms with E-state index in [1.165, 1.54) is 5.56 Å². The minimum absolute atomic E-state index is 0. The highest BCUT2D eigenvalue weighted by atomic mass is 35.5. The summed E-state index contributed by atoms with van der Waals surface area (Å²) in [6.07, 6.45) is -0.308. The van der Waals surface area contributed by atoms with Crippen LogP contribution in [0.2, 0.25) is 0 Å². The van der Waals surface area contributed by atoms with Gasteiger partial charge in [-0.3, -0.25) is 9.69 Å². The number of piperazine rings is 1. The Morgan fingerprint density at radius 1 is 1.25 bits per heavy atom. The summed E-state index contributed by atoms with van der Waals surface area (Å²) in [4.78, 5) is 17.0. The van der Waals surface area contributed by atoms with Gasteiger partial charge in [-0.15, -0.1) is 24.8 Å². The molecular weight excluding hydrogens is 349 g/mol. The molecule has 1 aromatic carbocycles. The van der Waals surface area contributed by atoms with E-state index < -0.39 is 0 Å². The van der Waals surface area contributed by atoms with E-state index in [-0.39, 0.29) is 42.9 Å². The number of rotatable bonds is 3. The van der Waals surface area contributed by atoms with Gasteiger partial charge in [0.2, 0.25) is 0 Å². The molecule has 7 heteroatoms. The fourth-order valence-corrected chi connectivity index (χ4v) is 3.25. The number of carbonyl (C=O) groups excluding carboxylic acids is 1. The number of nitrogens with one attached hydrogen (secondary N) is 1. The molecule has 1 aromatic rings. The standard InChI is InChI=1S/C17H25N3O2.2ClH/c1-14-12-19(13-15-5-3-2-4-6-15)8-9-20(14)17(21)16-11-18-7-10-22-16;;/h2-6,14,16,18H,7-13H2,1H3;2*1H. The molecule has 2 atom stereocenters. The van der Waals surface area contributed by atoms with Crippen molar-refractivity contribution < 1.29 is 9.53 Å². The van der Waals surface area contributed by atoms with Crippen molar-refractivity contribution in [2.24, 2.45) is 0 Å². The molecule has 2 aliphatic rings. The quantitative estimate of drug-likeness (QED) is 0.870. The van der Waals surface area contributed by atoms with Crippen LogP contribution in [-0.2, 0) is 16.1 Å². The molecule has 24 heavy (non-hydrogen) atoms. The highest BCUT2D eigenvalue weighted by molar-refractivity contribution is 5.85. The molecule has 0 aromatic heterocycles. The lowest BCUT2D eigenvalue weighted by Crippen LogP contribution is -2.58. The number of nitrogens with zero attached hydrogens (tertiary/aromatic N) is 2. The molecule has 0 bridgehead atoms. The molecule has 2 fully saturated rings. The summed E-state index contributed by atoms with van der Waals surface area (Å²) in [5.41, 5.74) is 1.33. The highest BCUT2D eigenvalue weighted by Crippen LogP contribution is 2.15. The molecule has 0 aliphatic carbocycles. The van der Waals surface area contributed by atoms with Gasteiger partial charge in [0.05, 0.1) is 6.61 Å². The number of halogens is 2. The molecule has 2 heterocycles. The van der Waals surface area contributed by atoms with Crippen LogP contribution in [-0.4, -0.2) is 67.2 Å².